The zero-order valence-electron chi connectivity index (χ0n) is 43.8. The van der Waals surface area contributed by atoms with Crippen molar-refractivity contribution in [3.8, 4) is 0 Å². The van der Waals surface area contributed by atoms with Gasteiger partial charge in [-0.15, -0.1) is 0 Å². The lowest BCUT2D eigenvalue weighted by Crippen LogP contribution is -2.32. The van der Waals surface area contributed by atoms with Gasteiger partial charge in [-0.3, -0.25) is 4.89 Å². The summed E-state index contributed by atoms with van der Waals surface area (Å²) in [4.78, 5) is 53.9. The smallest absolute Gasteiger partial charge is 0.432 e. The van der Waals surface area contributed by atoms with E-state index in [1.54, 1.807) is 0 Å². The van der Waals surface area contributed by atoms with Crippen LogP contribution in [0.1, 0.15) is 287 Å². The van der Waals surface area contributed by atoms with Gasteiger partial charge in [-0.2, -0.15) is 24.3 Å². The number of rotatable bonds is 33. The summed E-state index contributed by atoms with van der Waals surface area (Å²) < 4.78 is 15.3. The van der Waals surface area contributed by atoms with Crippen molar-refractivity contribution >= 4 is 18.5 Å². The maximum atomic E-state index is 11.9. The molecule has 2 aliphatic carbocycles. The van der Waals surface area contributed by atoms with Gasteiger partial charge in [-0.1, -0.05) is 222 Å². The van der Waals surface area contributed by atoms with E-state index in [0.717, 1.165) is 95.8 Å². The lowest BCUT2D eigenvalue weighted by molar-refractivity contribution is -0.295. The summed E-state index contributed by atoms with van der Waals surface area (Å²) in [7, 11) is 0. The Kier molecular flexibility index (Phi) is 37.2. The Balaban J connectivity index is 0.000000718. The second kappa shape index (κ2) is 39.7. The summed E-state index contributed by atoms with van der Waals surface area (Å²) in [6.07, 6.45) is 41.2. The Morgan fingerprint density at radius 1 is 0.354 bits per heavy atom. The van der Waals surface area contributed by atoms with Gasteiger partial charge in [-0.25, -0.2) is 4.79 Å². The zero-order valence-corrected chi connectivity index (χ0v) is 43.8. The number of hydrogen-bond donors (Lipinski definition) is 0. The first-order chi connectivity index (χ1) is 31.3. The normalized spacial score (nSPS) is 18.8. The molecular weight excluding hydrogens is 821 g/mol. The first-order valence-electron chi connectivity index (χ1n) is 27.5. The highest BCUT2D eigenvalue weighted by Crippen LogP contribution is 2.40. The molecule has 10 nitrogen and oxygen atoms in total. The molecule has 2 rings (SSSR count). The lowest BCUT2D eigenvalue weighted by atomic mass is 9.72. The first kappa shape index (κ1) is 60.8. The van der Waals surface area contributed by atoms with Gasteiger partial charge in [0.25, 0.3) is 0 Å². The molecule has 0 spiro atoms. The zero-order chi connectivity index (χ0) is 47.9. The molecule has 0 aromatic rings. The van der Waals surface area contributed by atoms with Gasteiger partial charge in [0.15, 0.2) is 0 Å². The van der Waals surface area contributed by atoms with Gasteiger partial charge in [0, 0.05) is 0 Å². The SMILES string of the molecule is CC(C)(C)C1CCC(OOC(=O)OC2CCC(C(C)(C)C)CC2)CC1.CCCCCCCCCCCCCCCCOC(=O)OOC(=O)OCCCCCCCCCCCCCCCC. The Morgan fingerprint density at radius 3 is 0.923 bits per heavy atom. The molecule has 0 aromatic carbocycles. The molecule has 0 N–H and O–H groups in total. The number of carbonyl (C=O) groups is 3. The van der Waals surface area contributed by atoms with Crippen LogP contribution in [-0.2, 0) is 33.8 Å². The maximum absolute atomic E-state index is 11.9. The average molecular weight is 925 g/mol. The van der Waals surface area contributed by atoms with E-state index in [2.05, 4.69) is 65.2 Å². The molecule has 2 aliphatic rings. The van der Waals surface area contributed by atoms with Crippen molar-refractivity contribution in [1.29, 1.82) is 0 Å². The minimum Gasteiger partial charge on any atom is -0.432 e. The molecule has 0 unspecified atom stereocenters. The predicted octanol–water partition coefficient (Wildman–Crippen LogP) is 18.5. The van der Waals surface area contributed by atoms with Crippen LogP contribution in [0.4, 0.5) is 14.4 Å². The van der Waals surface area contributed by atoms with Crippen molar-refractivity contribution in [2.45, 2.75) is 299 Å². The van der Waals surface area contributed by atoms with E-state index in [-0.39, 0.29) is 25.4 Å². The van der Waals surface area contributed by atoms with E-state index >= 15 is 0 Å². The Labute approximate surface area is 400 Å². The molecule has 0 atom stereocenters. The Morgan fingerprint density at radius 2 is 0.631 bits per heavy atom. The summed E-state index contributed by atoms with van der Waals surface area (Å²) >= 11 is 0. The van der Waals surface area contributed by atoms with E-state index in [1.807, 2.05) is 0 Å². The topological polar surface area (TPSA) is 116 Å². The van der Waals surface area contributed by atoms with Crippen molar-refractivity contribution in [1.82, 2.24) is 0 Å². The van der Waals surface area contributed by atoms with Crippen LogP contribution in [0.25, 0.3) is 0 Å². The van der Waals surface area contributed by atoms with Crippen LogP contribution in [0.3, 0.4) is 0 Å². The number of ether oxygens (including phenoxy) is 3. The quantitative estimate of drug-likeness (QED) is 0.0207. The van der Waals surface area contributed by atoms with E-state index in [4.69, 9.17) is 24.0 Å². The van der Waals surface area contributed by atoms with Crippen LogP contribution in [-0.4, -0.2) is 43.9 Å². The fraction of sp³-hybridized carbons (Fsp3) is 0.945. The van der Waals surface area contributed by atoms with E-state index < -0.39 is 18.5 Å². The molecule has 0 heterocycles. The van der Waals surface area contributed by atoms with Crippen molar-refractivity contribution < 1.29 is 48.1 Å². The third-order valence-corrected chi connectivity index (χ3v) is 13.9. The van der Waals surface area contributed by atoms with Gasteiger partial charge in [-0.05, 0) is 86.9 Å². The van der Waals surface area contributed by atoms with Crippen molar-refractivity contribution in [3.63, 3.8) is 0 Å². The third-order valence-electron chi connectivity index (χ3n) is 13.9. The molecule has 0 radical (unpaired) electrons. The van der Waals surface area contributed by atoms with Gasteiger partial charge < -0.3 is 14.2 Å². The van der Waals surface area contributed by atoms with Crippen LogP contribution in [0, 0.1) is 22.7 Å². The minimum atomic E-state index is -0.997. The fourth-order valence-corrected chi connectivity index (χ4v) is 9.36. The van der Waals surface area contributed by atoms with Crippen LogP contribution in [0.2, 0.25) is 0 Å². The summed E-state index contributed by atoms with van der Waals surface area (Å²) in [5.41, 5.74) is 0.678. The number of unbranched alkanes of at least 4 members (excludes halogenated alkanes) is 26. The van der Waals surface area contributed by atoms with Crippen LogP contribution >= 0.6 is 0 Å². The Bertz CT molecular complexity index is 1070. The van der Waals surface area contributed by atoms with Crippen LogP contribution < -0.4 is 0 Å². The predicted molar refractivity (Wildman–Crippen MR) is 265 cm³/mol. The minimum absolute atomic E-state index is 0.0165. The highest BCUT2D eigenvalue weighted by atomic mass is 17.3. The van der Waals surface area contributed by atoms with Crippen molar-refractivity contribution in [2.24, 2.45) is 22.7 Å². The first-order valence-corrected chi connectivity index (χ1v) is 27.5. The summed E-state index contributed by atoms with van der Waals surface area (Å²) in [6.45, 7) is 18.8. The third kappa shape index (κ3) is 36.5. The van der Waals surface area contributed by atoms with Gasteiger partial charge in [0.2, 0.25) is 0 Å². The second-order valence-corrected chi connectivity index (χ2v) is 21.8. The maximum Gasteiger partial charge on any atom is 0.549 e. The Hall–Kier alpha value is -2.23. The summed E-state index contributed by atoms with van der Waals surface area (Å²) in [6, 6.07) is 0. The molecule has 0 saturated heterocycles. The van der Waals surface area contributed by atoms with E-state index in [0.29, 0.717) is 16.7 Å². The van der Waals surface area contributed by atoms with Crippen molar-refractivity contribution in [2.75, 3.05) is 13.2 Å². The summed E-state index contributed by atoms with van der Waals surface area (Å²) in [5, 5.41) is 0. The molecule has 0 aliphatic heterocycles. The van der Waals surface area contributed by atoms with Gasteiger partial charge in [0.05, 0.1) is 13.2 Å². The highest BCUT2D eigenvalue weighted by molar-refractivity contribution is 5.63. The van der Waals surface area contributed by atoms with Crippen LogP contribution in [0.15, 0.2) is 0 Å². The molecule has 2 saturated carbocycles. The standard InChI is InChI=1S/C34H66O6.C21H38O4/c1-3-5-7-9-11-13-15-17-19-21-23-25-27-29-31-37-33(35)39-40-34(36)38-32-30-28-26-24-22-20-18-16-14-12-10-8-6-4-2;1-20(2,3)15-7-11-17(12-8-15)23-19(22)25-24-18-13-9-16(10-14-18)21(4,5)6/h3-32H2,1-2H3;15-18H,7-14H2,1-6H3. The number of carbonyl (C=O) groups excluding carboxylic acids is 3. The molecule has 65 heavy (non-hydrogen) atoms. The van der Waals surface area contributed by atoms with Crippen LogP contribution in [0.5, 0.6) is 0 Å². The molecule has 384 valence electrons. The van der Waals surface area contributed by atoms with Gasteiger partial charge in [0.1, 0.15) is 12.2 Å². The lowest BCUT2D eigenvalue weighted by Gasteiger charge is -2.36. The van der Waals surface area contributed by atoms with Crippen molar-refractivity contribution in [3.05, 3.63) is 0 Å². The monoisotopic (exact) mass is 925 g/mol. The highest BCUT2D eigenvalue weighted by Gasteiger charge is 2.33. The molecule has 2 fully saturated rings. The molecule has 0 bridgehead atoms. The van der Waals surface area contributed by atoms with E-state index in [9.17, 15) is 14.4 Å². The largest absolute Gasteiger partial charge is 0.549 e. The second-order valence-electron chi connectivity index (χ2n) is 21.8. The van der Waals surface area contributed by atoms with E-state index in [1.165, 1.54) is 141 Å². The summed E-state index contributed by atoms with van der Waals surface area (Å²) in [5.74, 6) is 1.43. The average Bonchev–Trinajstić information content (AvgIpc) is 3.27. The molecule has 0 amide bonds. The molecule has 10 heteroatoms. The molecular formula is C55H104O10. The van der Waals surface area contributed by atoms with Gasteiger partial charge >= 0.3 is 18.5 Å². The fourth-order valence-electron chi connectivity index (χ4n) is 9.36. The number of hydrogen-bond acceptors (Lipinski definition) is 10. The molecule has 0 aromatic heterocycles.